The zero-order chi connectivity index (χ0) is 13.3. The lowest BCUT2D eigenvalue weighted by molar-refractivity contribution is 0.0615. The van der Waals surface area contributed by atoms with Gasteiger partial charge in [0.05, 0.1) is 5.56 Å². The van der Waals surface area contributed by atoms with Crippen LogP contribution in [-0.2, 0) is 0 Å². The van der Waals surface area contributed by atoms with Gasteiger partial charge < -0.3 is 10.2 Å². The summed E-state index contributed by atoms with van der Waals surface area (Å²) in [6.45, 7) is 5.43. The summed E-state index contributed by atoms with van der Waals surface area (Å²) in [4.78, 5) is 14.2. The van der Waals surface area contributed by atoms with E-state index in [9.17, 15) is 9.18 Å². The second-order valence-electron chi connectivity index (χ2n) is 4.74. The zero-order valence-corrected chi connectivity index (χ0v) is 13.2. The first-order valence-electron chi connectivity index (χ1n) is 5.98. The van der Waals surface area contributed by atoms with Gasteiger partial charge in [-0.1, -0.05) is 0 Å². The molecule has 0 spiro atoms. The van der Waals surface area contributed by atoms with Crippen molar-refractivity contribution < 1.29 is 9.18 Å². The quantitative estimate of drug-likeness (QED) is 0.844. The molecule has 19 heavy (non-hydrogen) atoms. The number of piperazine rings is 1. The van der Waals surface area contributed by atoms with E-state index in [0.29, 0.717) is 16.6 Å². The van der Waals surface area contributed by atoms with Gasteiger partial charge in [0.1, 0.15) is 5.82 Å². The highest BCUT2D eigenvalue weighted by molar-refractivity contribution is 9.10. The highest BCUT2D eigenvalue weighted by Gasteiger charge is 2.28. The van der Waals surface area contributed by atoms with Crippen molar-refractivity contribution in [3.63, 3.8) is 0 Å². The van der Waals surface area contributed by atoms with E-state index in [1.165, 1.54) is 12.1 Å². The third-order valence-corrected chi connectivity index (χ3v) is 3.88. The Hall–Kier alpha value is -0.650. The fourth-order valence-electron chi connectivity index (χ4n) is 2.12. The van der Waals surface area contributed by atoms with Crippen LogP contribution in [-0.4, -0.2) is 36.0 Å². The topological polar surface area (TPSA) is 32.3 Å². The number of amides is 1. The molecule has 2 unspecified atom stereocenters. The van der Waals surface area contributed by atoms with Crippen molar-refractivity contribution in [1.29, 1.82) is 0 Å². The van der Waals surface area contributed by atoms with Crippen LogP contribution in [0, 0.1) is 5.82 Å². The van der Waals surface area contributed by atoms with Gasteiger partial charge in [0, 0.05) is 29.6 Å². The predicted molar refractivity (Wildman–Crippen MR) is 79.3 cm³/mol. The molecule has 0 aliphatic carbocycles. The number of nitrogens with zero attached hydrogens (tertiary/aromatic N) is 1. The fraction of sp³-hybridized carbons (Fsp3) is 0.462. The van der Waals surface area contributed by atoms with Gasteiger partial charge in [0.2, 0.25) is 0 Å². The summed E-state index contributed by atoms with van der Waals surface area (Å²) in [5.74, 6) is -0.514. The van der Waals surface area contributed by atoms with E-state index in [1.807, 2.05) is 13.8 Å². The Balaban J connectivity index is 0.00000180. The maximum Gasteiger partial charge on any atom is 0.255 e. The van der Waals surface area contributed by atoms with Crippen LogP contribution >= 0.6 is 28.3 Å². The SMILES string of the molecule is CC1CN(C(=O)c2cc(F)ccc2Br)C(C)CN1.Cl. The Bertz CT molecular complexity index is 472. The molecular weight excluding hydrogens is 335 g/mol. The average molecular weight is 352 g/mol. The number of carbonyl (C=O) groups excluding carboxylic acids is 1. The molecule has 1 aliphatic heterocycles. The zero-order valence-electron chi connectivity index (χ0n) is 10.8. The van der Waals surface area contributed by atoms with Gasteiger partial charge in [-0.05, 0) is 48.0 Å². The van der Waals surface area contributed by atoms with Gasteiger partial charge in [-0.2, -0.15) is 0 Å². The van der Waals surface area contributed by atoms with Gasteiger partial charge in [-0.3, -0.25) is 4.79 Å². The molecule has 2 rings (SSSR count). The summed E-state index contributed by atoms with van der Waals surface area (Å²) in [7, 11) is 0. The van der Waals surface area contributed by atoms with Crippen molar-refractivity contribution in [2.75, 3.05) is 13.1 Å². The Labute approximate surface area is 127 Å². The van der Waals surface area contributed by atoms with Gasteiger partial charge in [-0.15, -0.1) is 12.4 Å². The second kappa shape index (κ2) is 6.68. The molecule has 106 valence electrons. The van der Waals surface area contributed by atoms with Crippen LogP contribution in [0.1, 0.15) is 24.2 Å². The van der Waals surface area contributed by atoms with Crippen molar-refractivity contribution in [3.05, 3.63) is 34.1 Å². The molecule has 1 aromatic rings. The first kappa shape index (κ1) is 16.4. The minimum atomic E-state index is -0.391. The Morgan fingerprint density at radius 3 is 2.84 bits per heavy atom. The van der Waals surface area contributed by atoms with E-state index >= 15 is 0 Å². The number of hydrogen-bond acceptors (Lipinski definition) is 2. The fourth-order valence-corrected chi connectivity index (χ4v) is 2.54. The van der Waals surface area contributed by atoms with E-state index in [0.717, 1.165) is 6.54 Å². The molecule has 1 saturated heterocycles. The van der Waals surface area contributed by atoms with Crippen LogP contribution in [0.4, 0.5) is 4.39 Å². The van der Waals surface area contributed by atoms with E-state index in [-0.39, 0.29) is 30.4 Å². The first-order chi connectivity index (χ1) is 8.49. The molecule has 1 fully saturated rings. The van der Waals surface area contributed by atoms with Crippen LogP contribution < -0.4 is 5.32 Å². The smallest absolute Gasteiger partial charge is 0.255 e. The molecule has 0 radical (unpaired) electrons. The predicted octanol–water partition coefficient (Wildman–Crippen LogP) is 2.83. The van der Waals surface area contributed by atoms with Gasteiger partial charge in [-0.25, -0.2) is 4.39 Å². The second-order valence-corrected chi connectivity index (χ2v) is 5.59. The molecule has 1 heterocycles. The Kier molecular flexibility index (Phi) is 5.77. The molecule has 0 saturated carbocycles. The maximum atomic E-state index is 13.2. The largest absolute Gasteiger partial charge is 0.333 e. The molecule has 3 nitrogen and oxygen atoms in total. The summed E-state index contributed by atoms with van der Waals surface area (Å²) in [6.07, 6.45) is 0. The van der Waals surface area contributed by atoms with Crippen molar-refractivity contribution in [2.24, 2.45) is 0 Å². The van der Waals surface area contributed by atoms with E-state index in [2.05, 4.69) is 21.2 Å². The maximum absolute atomic E-state index is 13.2. The Morgan fingerprint density at radius 1 is 1.47 bits per heavy atom. The van der Waals surface area contributed by atoms with Crippen LogP contribution in [0.25, 0.3) is 0 Å². The molecule has 1 aromatic carbocycles. The monoisotopic (exact) mass is 350 g/mol. The minimum Gasteiger partial charge on any atom is -0.333 e. The summed E-state index contributed by atoms with van der Waals surface area (Å²) in [5.41, 5.74) is 0.385. The van der Waals surface area contributed by atoms with Crippen LogP contribution in [0.5, 0.6) is 0 Å². The molecular formula is C13H17BrClFN2O. The first-order valence-corrected chi connectivity index (χ1v) is 6.77. The average Bonchev–Trinajstić information content (AvgIpc) is 2.34. The molecule has 2 atom stereocenters. The van der Waals surface area contributed by atoms with Crippen LogP contribution in [0.3, 0.4) is 0 Å². The summed E-state index contributed by atoms with van der Waals surface area (Å²) in [6, 6.07) is 4.57. The van der Waals surface area contributed by atoms with Gasteiger partial charge in [0.15, 0.2) is 0 Å². The van der Waals surface area contributed by atoms with Crippen molar-refractivity contribution in [2.45, 2.75) is 25.9 Å². The van der Waals surface area contributed by atoms with Crippen LogP contribution in [0.2, 0.25) is 0 Å². The molecule has 1 aliphatic rings. The lowest BCUT2D eigenvalue weighted by atomic mass is 10.1. The summed E-state index contributed by atoms with van der Waals surface area (Å²) < 4.78 is 13.9. The number of halogens is 3. The summed E-state index contributed by atoms with van der Waals surface area (Å²) >= 11 is 3.30. The molecule has 1 N–H and O–H groups in total. The number of benzene rings is 1. The van der Waals surface area contributed by atoms with Crippen molar-refractivity contribution >= 4 is 34.2 Å². The van der Waals surface area contributed by atoms with Gasteiger partial charge >= 0.3 is 0 Å². The van der Waals surface area contributed by atoms with E-state index < -0.39 is 5.82 Å². The molecule has 0 bridgehead atoms. The third kappa shape index (κ3) is 3.68. The molecule has 0 aromatic heterocycles. The molecule has 1 amide bonds. The number of rotatable bonds is 1. The third-order valence-electron chi connectivity index (χ3n) is 3.18. The highest BCUT2D eigenvalue weighted by atomic mass is 79.9. The minimum absolute atomic E-state index is 0. The number of hydrogen-bond donors (Lipinski definition) is 1. The van der Waals surface area contributed by atoms with E-state index in [1.54, 1.807) is 11.0 Å². The number of carbonyl (C=O) groups is 1. The van der Waals surface area contributed by atoms with E-state index in [4.69, 9.17) is 0 Å². The number of nitrogens with one attached hydrogen (secondary N) is 1. The Morgan fingerprint density at radius 2 is 2.16 bits per heavy atom. The van der Waals surface area contributed by atoms with Crippen molar-refractivity contribution in [1.82, 2.24) is 10.2 Å². The van der Waals surface area contributed by atoms with Gasteiger partial charge in [0.25, 0.3) is 5.91 Å². The summed E-state index contributed by atoms with van der Waals surface area (Å²) in [5, 5.41) is 3.31. The molecule has 6 heteroatoms. The lowest BCUT2D eigenvalue weighted by Crippen LogP contribution is -2.56. The highest BCUT2D eigenvalue weighted by Crippen LogP contribution is 2.21. The normalized spacial score (nSPS) is 22.8. The lowest BCUT2D eigenvalue weighted by Gasteiger charge is -2.37. The van der Waals surface area contributed by atoms with Crippen LogP contribution in [0.15, 0.2) is 22.7 Å². The van der Waals surface area contributed by atoms with Crippen molar-refractivity contribution in [3.8, 4) is 0 Å². The standard InChI is InChI=1S/C13H16BrFN2O.ClH/c1-8-7-17(9(2)6-16-8)13(18)11-5-10(15)3-4-12(11)14;/h3-5,8-9,16H,6-7H2,1-2H3;1H.